The van der Waals surface area contributed by atoms with Gasteiger partial charge in [-0.2, -0.15) is 18.3 Å². The Morgan fingerprint density at radius 3 is 2.79 bits per heavy atom. The summed E-state index contributed by atoms with van der Waals surface area (Å²) in [4.78, 5) is 19.1. The van der Waals surface area contributed by atoms with Crippen molar-refractivity contribution < 1.29 is 17.9 Å². The highest BCUT2D eigenvalue weighted by atomic mass is 32.1. The first kappa shape index (κ1) is 18.8. The van der Waals surface area contributed by atoms with E-state index >= 15 is 0 Å². The van der Waals surface area contributed by atoms with Crippen LogP contribution in [0.3, 0.4) is 0 Å². The number of halogens is 3. The molecule has 0 radical (unpaired) electrons. The number of aryl methyl sites for hydroxylation is 1. The average Bonchev–Trinajstić information content (AvgIpc) is 3.28. The molecule has 0 unspecified atom stereocenters. The van der Waals surface area contributed by atoms with Crippen LogP contribution < -0.4 is 5.56 Å². The number of nitrogens with zero attached hydrogens (tertiary/aromatic N) is 4. The summed E-state index contributed by atoms with van der Waals surface area (Å²) in [5, 5.41) is 3.59. The lowest BCUT2D eigenvalue weighted by Crippen LogP contribution is -2.24. The van der Waals surface area contributed by atoms with Gasteiger partial charge in [0, 0.05) is 19.9 Å². The van der Waals surface area contributed by atoms with E-state index in [0.29, 0.717) is 6.61 Å². The van der Waals surface area contributed by atoms with Crippen molar-refractivity contribution in [2.24, 2.45) is 7.05 Å². The maximum Gasteiger partial charge on any atom is 0.417 e. The van der Waals surface area contributed by atoms with E-state index in [2.05, 4.69) is 15.1 Å². The van der Waals surface area contributed by atoms with Gasteiger partial charge in [0.05, 0.1) is 29.3 Å². The maximum atomic E-state index is 13.8. The van der Waals surface area contributed by atoms with Crippen LogP contribution in [-0.2, 0) is 24.5 Å². The molecule has 0 aromatic carbocycles. The first-order valence-electron chi connectivity index (χ1n) is 8.61. The molecule has 0 spiro atoms. The fourth-order valence-corrected chi connectivity index (χ4v) is 3.60. The largest absolute Gasteiger partial charge is 0.417 e. The van der Waals surface area contributed by atoms with Gasteiger partial charge in [-0.15, -0.1) is 0 Å². The zero-order chi connectivity index (χ0) is 20.1. The molecule has 1 aliphatic heterocycles. The predicted molar refractivity (Wildman–Crippen MR) is 97.4 cm³/mol. The van der Waals surface area contributed by atoms with E-state index in [1.807, 2.05) is 0 Å². The minimum absolute atomic E-state index is 0.00629. The zero-order valence-electron chi connectivity index (χ0n) is 14.8. The van der Waals surface area contributed by atoms with Crippen LogP contribution in [0, 0.1) is 4.77 Å². The van der Waals surface area contributed by atoms with Crippen LogP contribution in [0.4, 0.5) is 13.2 Å². The van der Waals surface area contributed by atoms with Crippen molar-refractivity contribution in [3.63, 3.8) is 0 Å². The van der Waals surface area contributed by atoms with Crippen molar-refractivity contribution in [2.75, 3.05) is 6.61 Å². The van der Waals surface area contributed by atoms with Gasteiger partial charge in [-0.25, -0.2) is 4.98 Å². The molecule has 3 aromatic rings. The second-order valence-electron chi connectivity index (χ2n) is 6.63. The average molecular weight is 411 g/mol. The van der Waals surface area contributed by atoms with Gasteiger partial charge in [0.2, 0.25) is 0 Å². The van der Waals surface area contributed by atoms with Crippen LogP contribution in [0.15, 0.2) is 23.1 Å². The molecule has 1 aliphatic rings. The van der Waals surface area contributed by atoms with E-state index in [1.165, 1.54) is 9.25 Å². The van der Waals surface area contributed by atoms with E-state index < -0.39 is 22.7 Å². The number of aromatic nitrogens is 5. The molecule has 11 heteroatoms. The van der Waals surface area contributed by atoms with Gasteiger partial charge >= 0.3 is 6.18 Å². The molecule has 148 valence electrons. The third-order valence-corrected chi connectivity index (χ3v) is 4.96. The Labute approximate surface area is 161 Å². The molecule has 1 N–H and O–H groups in total. The molecule has 0 bridgehead atoms. The molecule has 1 fully saturated rings. The second kappa shape index (κ2) is 6.82. The number of alkyl halides is 3. The summed E-state index contributed by atoms with van der Waals surface area (Å²) in [6.45, 7) is 0.793. The van der Waals surface area contributed by atoms with Crippen molar-refractivity contribution in [1.82, 2.24) is 24.3 Å². The zero-order valence-corrected chi connectivity index (χ0v) is 15.6. The quantitative estimate of drug-likeness (QED) is 0.671. The van der Waals surface area contributed by atoms with Crippen molar-refractivity contribution in [3.8, 4) is 11.4 Å². The Morgan fingerprint density at radius 1 is 1.39 bits per heavy atom. The highest BCUT2D eigenvalue weighted by molar-refractivity contribution is 7.71. The number of aromatic amines is 1. The number of pyridine rings is 1. The first-order chi connectivity index (χ1) is 13.2. The minimum atomic E-state index is -4.75. The topological polar surface area (TPSA) is 77.7 Å². The number of ether oxygens (including phenoxy) is 1. The molecule has 7 nitrogen and oxygen atoms in total. The van der Waals surface area contributed by atoms with Crippen LogP contribution in [-0.4, -0.2) is 37.0 Å². The third-order valence-electron chi connectivity index (χ3n) is 4.64. The number of hydrogen-bond acceptors (Lipinski definition) is 5. The lowest BCUT2D eigenvalue weighted by Gasteiger charge is -2.17. The molecule has 0 aliphatic carbocycles. The molecule has 0 amide bonds. The molecular weight excluding hydrogens is 395 g/mol. The predicted octanol–water partition coefficient (Wildman–Crippen LogP) is 3.05. The summed E-state index contributed by atoms with van der Waals surface area (Å²) in [5.74, 6) is 0. The molecule has 0 saturated carbocycles. The van der Waals surface area contributed by atoms with Gasteiger partial charge in [-0.3, -0.25) is 19.0 Å². The van der Waals surface area contributed by atoms with Crippen molar-refractivity contribution in [1.29, 1.82) is 0 Å². The lowest BCUT2D eigenvalue weighted by atomic mass is 10.1. The molecule has 1 atom stereocenters. The summed E-state index contributed by atoms with van der Waals surface area (Å²) in [7, 11) is 1.65. The SMILES string of the molecule is Cn1ccc(-c2cc(C(F)(F)F)c3c(=O)[nH]c(=S)n(C[C@@H]4CCCO4)c3n2)n1. The minimum Gasteiger partial charge on any atom is -0.376 e. The van der Waals surface area contributed by atoms with E-state index in [9.17, 15) is 18.0 Å². The molecule has 4 heterocycles. The standard InChI is InChI=1S/C17H16F3N5O2S/c1-24-5-4-11(23-24)12-7-10(17(18,19)20)13-14(21-12)25(16(28)22-15(13)26)8-9-3-2-6-27-9/h4-5,7,9H,2-3,6,8H2,1H3,(H,22,26,28)/t9-/m0/s1. The summed E-state index contributed by atoms with van der Waals surface area (Å²) in [6.07, 6.45) is -1.72. The fourth-order valence-electron chi connectivity index (χ4n) is 3.34. The summed E-state index contributed by atoms with van der Waals surface area (Å²) in [6, 6.07) is 2.40. The van der Waals surface area contributed by atoms with Crippen LogP contribution in [0.25, 0.3) is 22.4 Å². The second-order valence-corrected chi connectivity index (χ2v) is 7.02. The van der Waals surface area contributed by atoms with E-state index in [0.717, 1.165) is 18.9 Å². The van der Waals surface area contributed by atoms with Crippen molar-refractivity contribution >= 4 is 23.3 Å². The Balaban J connectivity index is 2.03. The van der Waals surface area contributed by atoms with E-state index in [4.69, 9.17) is 17.0 Å². The highest BCUT2D eigenvalue weighted by Crippen LogP contribution is 2.35. The highest BCUT2D eigenvalue weighted by Gasteiger charge is 2.36. The smallest absolute Gasteiger partial charge is 0.376 e. The number of nitrogens with one attached hydrogen (secondary N) is 1. The Morgan fingerprint density at radius 2 is 2.18 bits per heavy atom. The number of hydrogen-bond donors (Lipinski definition) is 1. The van der Waals surface area contributed by atoms with Gasteiger partial charge in [0.15, 0.2) is 4.77 Å². The molecule has 1 saturated heterocycles. The van der Waals surface area contributed by atoms with Gasteiger partial charge in [0.1, 0.15) is 11.3 Å². The van der Waals surface area contributed by atoms with Gasteiger partial charge in [-0.1, -0.05) is 0 Å². The van der Waals surface area contributed by atoms with Gasteiger partial charge < -0.3 is 4.74 Å². The van der Waals surface area contributed by atoms with Crippen LogP contribution >= 0.6 is 12.2 Å². The molecule has 3 aromatic heterocycles. The number of H-pyrrole nitrogens is 1. The summed E-state index contributed by atoms with van der Waals surface area (Å²) < 4.78 is 49.8. The van der Waals surface area contributed by atoms with E-state index in [1.54, 1.807) is 19.3 Å². The summed E-state index contributed by atoms with van der Waals surface area (Å²) in [5.41, 5.74) is -1.84. The Hall–Kier alpha value is -2.53. The number of rotatable bonds is 3. The molecule has 4 rings (SSSR count). The first-order valence-corrected chi connectivity index (χ1v) is 9.01. The van der Waals surface area contributed by atoms with Gasteiger partial charge in [-0.05, 0) is 37.2 Å². The summed E-state index contributed by atoms with van der Waals surface area (Å²) >= 11 is 5.21. The lowest BCUT2D eigenvalue weighted by molar-refractivity contribution is -0.136. The van der Waals surface area contributed by atoms with Crippen LogP contribution in [0.2, 0.25) is 0 Å². The Bertz CT molecular complexity index is 1160. The molecular formula is C17H16F3N5O2S. The normalized spacial score (nSPS) is 17.5. The number of fused-ring (bicyclic) bond motifs is 1. The third kappa shape index (κ3) is 3.35. The van der Waals surface area contributed by atoms with E-state index in [-0.39, 0.29) is 34.5 Å². The van der Waals surface area contributed by atoms with Gasteiger partial charge in [0.25, 0.3) is 5.56 Å². The van der Waals surface area contributed by atoms with Crippen LogP contribution in [0.5, 0.6) is 0 Å². The fraction of sp³-hybridized carbons (Fsp3) is 0.412. The van der Waals surface area contributed by atoms with Crippen molar-refractivity contribution in [2.45, 2.75) is 31.7 Å². The maximum absolute atomic E-state index is 13.8. The monoisotopic (exact) mass is 411 g/mol. The van der Waals surface area contributed by atoms with Crippen molar-refractivity contribution in [3.05, 3.63) is 39.0 Å². The Kier molecular flexibility index (Phi) is 4.58. The molecule has 28 heavy (non-hydrogen) atoms. The van der Waals surface area contributed by atoms with Crippen LogP contribution in [0.1, 0.15) is 18.4 Å².